The van der Waals surface area contributed by atoms with E-state index in [1.165, 1.54) is 12.1 Å². The molecule has 1 heterocycles. The fraction of sp³-hybridized carbons (Fsp3) is 0.182. The zero-order valence-corrected chi connectivity index (χ0v) is 8.13. The lowest BCUT2D eigenvalue weighted by atomic mass is 10.1. The van der Waals surface area contributed by atoms with Crippen LogP contribution in [-0.2, 0) is 6.42 Å². The minimum Gasteiger partial charge on any atom is -0.446 e. The van der Waals surface area contributed by atoms with Crippen molar-refractivity contribution in [2.24, 2.45) is 0 Å². The molecule has 0 amide bonds. The van der Waals surface area contributed by atoms with Gasteiger partial charge in [-0.15, -0.1) is 0 Å². The van der Waals surface area contributed by atoms with Crippen LogP contribution in [0.25, 0.3) is 0 Å². The molecule has 78 valence electrons. The van der Waals surface area contributed by atoms with Gasteiger partial charge in [0.05, 0.1) is 6.20 Å². The number of aromatic nitrogens is 1. The highest BCUT2D eigenvalue weighted by atomic mass is 19.1. The molecule has 0 radical (unpaired) electrons. The summed E-state index contributed by atoms with van der Waals surface area (Å²) in [5.41, 5.74) is 0.509. The van der Waals surface area contributed by atoms with Gasteiger partial charge in [0.25, 0.3) is 0 Å². The van der Waals surface area contributed by atoms with E-state index >= 15 is 0 Å². The predicted molar refractivity (Wildman–Crippen MR) is 50.4 cm³/mol. The number of rotatable bonds is 2. The fourth-order valence-electron chi connectivity index (χ4n) is 1.37. The molecular formula is C11H9F2NO. The molecule has 0 aliphatic rings. The summed E-state index contributed by atoms with van der Waals surface area (Å²) in [4.78, 5) is 3.96. The number of nitrogens with zero attached hydrogens (tertiary/aromatic N) is 1. The molecule has 0 aliphatic carbocycles. The van der Waals surface area contributed by atoms with Gasteiger partial charge in [0, 0.05) is 12.5 Å². The summed E-state index contributed by atoms with van der Waals surface area (Å²) >= 11 is 0. The van der Waals surface area contributed by atoms with Gasteiger partial charge in [-0.2, -0.15) is 0 Å². The Morgan fingerprint density at radius 2 is 1.87 bits per heavy atom. The number of oxazole rings is 1. The van der Waals surface area contributed by atoms with Crippen molar-refractivity contribution in [2.75, 3.05) is 0 Å². The Morgan fingerprint density at radius 1 is 1.20 bits per heavy atom. The first kappa shape index (κ1) is 9.83. The smallest absolute Gasteiger partial charge is 0.198 e. The van der Waals surface area contributed by atoms with E-state index in [1.54, 1.807) is 13.1 Å². The van der Waals surface area contributed by atoms with Crippen LogP contribution in [0.5, 0.6) is 0 Å². The topological polar surface area (TPSA) is 26.0 Å². The van der Waals surface area contributed by atoms with Crippen molar-refractivity contribution < 1.29 is 13.2 Å². The van der Waals surface area contributed by atoms with Crippen LogP contribution >= 0.6 is 0 Å². The Kier molecular flexibility index (Phi) is 2.49. The first-order chi connectivity index (χ1) is 7.13. The standard InChI is InChI=1S/C11H9F2NO/c1-7-6-14-11(15-7)4-8-2-9(12)5-10(13)3-8/h2-3,5-6H,4H2,1H3. The summed E-state index contributed by atoms with van der Waals surface area (Å²) in [5, 5.41) is 0. The molecule has 0 aliphatic heterocycles. The second-order valence-corrected chi connectivity index (χ2v) is 3.32. The number of benzene rings is 1. The van der Waals surface area contributed by atoms with Crippen molar-refractivity contribution in [3.05, 3.63) is 53.2 Å². The number of hydrogen-bond acceptors (Lipinski definition) is 2. The Hall–Kier alpha value is -1.71. The zero-order valence-electron chi connectivity index (χ0n) is 8.13. The maximum atomic E-state index is 12.8. The SMILES string of the molecule is Cc1cnc(Cc2cc(F)cc(F)c2)o1. The van der Waals surface area contributed by atoms with Crippen molar-refractivity contribution in [1.82, 2.24) is 4.98 Å². The Bertz CT molecular complexity index is 459. The van der Waals surface area contributed by atoms with Crippen LogP contribution in [0, 0.1) is 18.6 Å². The van der Waals surface area contributed by atoms with Gasteiger partial charge < -0.3 is 4.42 Å². The monoisotopic (exact) mass is 209 g/mol. The van der Waals surface area contributed by atoms with Crippen LogP contribution in [0.2, 0.25) is 0 Å². The lowest BCUT2D eigenvalue weighted by Gasteiger charge is -1.98. The Balaban J connectivity index is 2.24. The first-order valence-corrected chi connectivity index (χ1v) is 4.50. The quantitative estimate of drug-likeness (QED) is 0.760. The highest BCUT2D eigenvalue weighted by Crippen LogP contribution is 2.13. The molecule has 4 heteroatoms. The molecule has 0 fully saturated rings. The summed E-state index contributed by atoms with van der Waals surface area (Å²) in [7, 11) is 0. The van der Waals surface area contributed by atoms with E-state index in [0.717, 1.165) is 6.07 Å². The average molecular weight is 209 g/mol. The van der Waals surface area contributed by atoms with Gasteiger partial charge in [0.1, 0.15) is 17.4 Å². The molecule has 1 aromatic heterocycles. The van der Waals surface area contributed by atoms with Crippen molar-refractivity contribution in [3.8, 4) is 0 Å². The molecule has 0 saturated heterocycles. The second kappa shape index (κ2) is 3.81. The second-order valence-electron chi connectivity index (χ2n) is 3.32. The third kappa shape index (κ3) is 2.40. The number of hydrogen-bond donors (Lipinski definition) is 0. The third-order valence-electron chi connectivity index (χ3n) is 1.95. The number of halogens is 2. The van der Waals surface area contributed by atoms with Crippen LogP contribution in [0.4, 0.5) is 8.78 Å². The number of aryl methyl sites for hydroxylation is 1. The Morgan fingerprint density at radius 3 is 2.40 bits per heavy atom. The van der Waals surface area contributed by atoms with Crippen molar-refractivity contribution in [1.29, 1.82) is 0 Å². The van der Waals surface area contributed by atoms with E-state index < -0.39 is 11.6 Å². The van der Waals surface area contributed by atoms with E-state index in [4.69, 9.17) is 4.42 Å². The molecule has 2 nitrogen and oxygen atoms in total. The molecule has 0 unspecified atom stereocenters. The Labute approximate surface area is 85.6 Å². The van der Waals surface area contributed by atoms with Crippen LogP contribution < -0.4 is 0 Å². The highest BCUT2D eigenvalue weighted by Gasteiger charge is 2.05. The largest absolute Gasteiger partial charge is 0.446 e. The molecule has 0 atom stereocenters. The molecular weight excluding hydrogens is 200 g/mol. The van der Waals surface area contributed by atoms with E-state index in [-0.39, 0.29) is 0 Å². The van der Waals surface area contributed by atoms with Crippen LogP contribution in [-0.4, -0.2) is 4.98 Å². The van der Waals surface area contributed by atoms with Crippen molar-refractivity contribution >= 4 is 0 Å². The summed E-state index contributed by atoms with van der Waals surface area (Å²) in [5.74, 6) is -0.0408. The molecule has 0 spiro atoms. The third-order valence-corrected chi connectivity index (χ3v) is 1.95. The van der Waals surface area contributed by atoms with Gasteiger partial charge in [-0.25, -0.2) is 13.8 Å². The molecule has 0 saturated carbocycles. The summed E-state index contributed by atoms with van der Waals surface area (Å²) in [6, 6.07) is 3.37. The normalized spacial score (nSPS) is 10.6. The van der Waals surface area contributed by atoms with Gasteiger partial charge in [-0.05, 0) is 24.6 Å². The molecule has 2 rings (SSSR count). The van der Waals surface area contributed by atoms with Crippen LogP contribution in [0.3, 0.4) is 0 Å². The van der Waals surface area contributed by atoms with Crippen molar-refractivity contribution in [3.63, 3.8) is 0 Å². The van der Waals surface area contributed by atoms with Gasteiger partial charge in [0.2, 0.25) is 0 Å². The van der Waals surface area contributed by atoms with E-state index in [1.807, 2.05) is 0 Å². The maximum absolute atomic E-state index is 12.8. The van der Waals surface area contributed by atoms with Gasteiger partial charge >= 0.3 is 0 Å². The average Bonchev–Trinajstić information content (AvgIpc) is 2.49. The van der Waals surface area contributed by atoms with E-state index in [9.17, 15) is 8.78 Å². The minimum absolute atomic E-state index is 0.294. The fourth-order valence-corrected chi connectivity index (χ4v) is 1.37. The summed E-state index contributed by atoms with van der Waals surface area (Å²) in [6.45, 7) is 1.77. The van der Waals surface area contributed by atoms with E-state index in [2.05, 4.69) is 4.98 Å². The van der Waals surface area contributed by atoms with Gasteiger partial charge in [0.15, 0.2) is 5.89 Å². The first-order valence-electron chi connectivity index (χ1n) is 4.50. The molecule has 2 aromatic rings. The molecule has 15 heavy (non-hydrogen) atoms. The molecule has 1 aromatic carbocycles. The minimum atomic E-state index is -0.590. The van der Waals surface area contributed by atoms with Gasteiger partial charge in [-0.1, -0.05) is 0 Å². The van der Waals surface area contributed by atoms with Gasteiger partial charge in [-0.3, -0.25) is 0 Å². The van der Waals surface area contributed by atoms with Crippen LogP contribution in [0.1, 0.15) is 17.2 Å². The summed E-state index contributed by atoms with van der Waals surface area (Å²) < 4.78 is 30.9. The highest BCUT2D eigenvalue weighted by molar-refractivity contribution is 5.20. The molecule has 0 N–H and O–H groups in total. The lowest BCUT2D eigenvalue weighted by Crippen LogP contribution is -1.91. The maximum Gasteiger partial charge on any atom is 0.198 e. The molecule has 0 bridgehead atoms. The zero-order chi connectivity index (χ0) is 10.8. The van der Waals surface area contributed by atoms with Crippen molar-refractivity contribution in [2.45, 2.75) is 13.3 Å². The summed E-state index contributed by atoms with van der Waals surface area (Å²) in [6.07, 6.45) is 1.87. The van der Waals surface area contributed by atoms with Crippen LogP contribution in [0.15, 0.2) is 28.8 Å². The predicted octanol–water partition coefficient (Wildman–Crippen LogP) is 2.85. The van der Waals surface area contributed by atoms with E-state index in [0.29, 0.717) is 23.6 Å². The lowest BCUT2D eigenvalue weighted by molar-refractivity contribution is 0.480.